The van der Waals surface area contributed by atoms with Gasteiger partial charge in [0.2, 0.25) is 6.10 Å². The zero-order valence-corrected chi connectivity index (χ0v) is 9.52. The lowest BCUT2D eigenvalue weighted by Gasteiger charge is -2.30. The first-order valence-electron chi connectivity index (χ1n) is 5.67. The summed E-state index contributed by atoms with van der Waals surface area (Å²) in [7, 11) is 0. The molecule has 2 atom stereocenters. The van der Waals surface area contributed by atoms with Gasteiger partial charge in [-0.2, -0.15) is 26.3 Å². The molecule has 0 aliphatic heterocycles. The van der Waals surface area contributed by atoms with Gasteiger partial charge >= 0.3 is 12.4 Å². The maximum atomic E-state index is 12.3. The summed E-state index contributed by atoms with van der Waals surface area (Å²) < 4.78 is 78.1. The highest BCUT2D eigenvalue weighted by Crippen LogP contribution is 2.37. The molecular formula is C10H15F6NO. The molecule has 2 nitrogen and oxygen atoms in total. The Balaban J connectivity index is 2.76. The van der Waals surface area contributed by atoms with E-state index >= 15 is 0 Å². The van der Waals surface area contributed by atoms with E-state index in [1.54, 1.807) is 0 Å². The molecule has 2 N–H and O–H groups in total. The number of nitrogens with two attached hydrogens (primary N) is 1. The van der Waals surface area contributed by atoms with Gasteiger partial charge in [0.05, 0.1) is 6.10 Å². The maximum Gasteiger partial charge on any atom is 0.423 e. The summed E-state index contributed by atoms with van der Waals surface area (Å²) in [5, 5.41) is 0. The maximum absolute atomic E-state index is 12.3. The zero-order chi connectivity index (χ0) is 14.0. The fraction of sp³-hybridized carbons (Fsp3) is 1.00. The van der Waals surface area contributed by atoms with Crippen LogP contribution in [0.4, 0.5) is 26.3 Å². The molecule has 0 bridgehead atoms. The average molecular weight is 279 g/mol. The van der Waals surface area contributed by atoms with Crippen LogP contribution in [0.1, 0.15) is 32.1 Å². The largest absolute Gasteiger partial charge is 0.423 e. The molecule has 18 heavy (non-hydrogen) atoms. The lowest BCUT2D eigenvalue weighted by Crippen LogP contribution is -2.49. The van der Waals surface area contributed by atoms with E-state index in [1.807, 2.05) is 0 Å². The highest BCUT2D eigenvalue weighted by molar-refractivity contribution is 4.83. The van der Waals surface area contributed by atoms with Crippen LogP contribution in [-0.4, -0.2) is 30.6 Å². The third-order valence-electron chi connectivity index (χ3n) is 2.91. The van der Waals surface area contributed by atoms with E-state index in [0.717, 1.165) is 6.42 Å². The van der Waals surface area contributed by atoms with Crippen molar-refractivity contribution in [3.05, 3.63) is 0 Å². The summed E-state index contributed by atoms with van der Waals surface area (Å²) in [6, 6.07) is -0.778. The van der Waals surface area contributed by atoms with Crippen LogP contribution in [0.25, 0.3) is 0 Å². The van der Waals surface area contributed by atoms with E-state index in [1.165, 1.54) is 0 Å². The third-order valence-corrected chi connectivity index (χ3v) is 2.91. The van der Waals surface area contributed by atoms with Crippen molar-refractivity contribution < 1.29 is 31.1 Å². The Hall–Kier alpha value is -0.500. The number of alkyl halides is 6. The molecule has 0 heterocycles. The minimum Gasteiger partial charge on any atom is -0.356 e. The van der Waals surface area contributed by atoms with Gasteiger partial charge in [-0.15, -0.1) is 0 Å². The summed E-state index contributed by atoms with van der Waals surface area (Å²) in [5.74, 6) is 0. The van der Waals surface area contributed by atoms with Crippen LogP contribution in [0.2, 0.25) is 0 Å². The molecule has 0 aromatic heterocycles. The van der Waals surface area contributed by atoms with Crippen LogP contribution in [0, 0.1) is 0 Å². The quantitative estimate of drug-likeness (QED) is 0.622. The normalized spacial score (nSPS) is 27.3. The molecule has 1 aliphatic carbocycles. The topological polar surface area (TPSA) is 35.2 Å². The van der Waals surface area contributed by atoms with E-state index in [-0.39, 0.29) is 6.42 Å². The number of hydrogen-bond acceptors (Lipinski definition) is 2. The van der Waals surface area contributed by atoms with Gasteiger partial charge in [0.25, 0.3) is 0 Å². The fourth-order valence-corrected chi connectivity index (χ4v) is 1.99. The Morgan fingerprint density at radius 1 is 0.889 bits per heavy atom. The molecule has 0 saturated heterocycles. The van der Waals surface area contributed by atoms with Crippen LogP contribution >= 0.6 is 0 Å². The molecular weight excluding hydrogens is 264 g/mol. The number of halogens is 6. The summed E-state index contributed by atoms with van der Waals surface area (Å²) >= 11 is 0. The van der Waals surface area contributed by atoms with Crippen LogP contribution in [0.5, 0.6) is 0 Å². The Labute approximate surface area is 100 Å². The van der Waals surface area contributed by atoms with Crippen LogP contribution in [0.15, 0.2) is 0 Å². The first kappa shape index (κ1) is 15.6. The van der Waals surface area contributed by atoms with Gasteiger partial charge in [0.1, 0.15) is 0 Å². The lowest BCUT2D eigenvalue weighted by molar-refractivity contribution is -0.332. The molecule has 8 heteroatoms. The van der Waals surface area contributed by atoms with Crippen molar-refractivity contribution in [1.82, 2.24) is 0 Å². The predicted molar refractivity (Wildman–Crippen MR) is 51.8 cm³/mol. The Morgan fingerprint density at radius 2 is 1.39 bits per heavy atom. The summed E-state index contributed by atoms with van der Waals surface area (Å²) in [6.45, 7) is 0. The van der Waals surface area contributed by atoms with E-state index in [4.69, 9.17) is 5.73 Å². The van der Waals surface area contributed by atoms with Gasteiger partial charge in [-0.3, -0.25) is 0 Å². The molecule has 1 saturated carbocycles. The van der Waals surface area contributed by atoms with Crippen molar-refractivity contribution in [3.8, 4) is 0 Å². The second-order valence-corrected chi connectivity index (χ2v) is 4.44. The summed E-state index contributed by atoms with van der Waals surface area (Å²) in [5.41, 5.74) is 5.55. The van der Waals surface area contributed by atoms with Crippen LogP contribution in [0.3, 0.4) is 0 Å². The number of ether oxygens (including phenoxy) is 1. The molecule has 0 aromatic rings. The van der Waals surface area contributed by atoms with E-state index in [9.17, 15) is 26.3 Å². The van der Waals surface area contributed by atoms with E-state index < -0.39 is 30.6 Å². The van der Waals surface area contributed by atoms with Gasteiger partial charge < -0.3 is 10.5 Å². The van der Waals surface area contributed by atoms with E-state index in [2.05, 4.69) is 4.74 Å². The minimum absolute atomic E-state index is 0.129. The van der Waals surface area contributed by atoms with Crippen molar-refractivity contribution in [3.63, 3.8) is 0 Å². The molecule has 1 aliphatic rings. The Bertz CT molecular complexity index is 250. The third kappa shape index (κ3) is 4.31. The summed E-state index contributed by atoms with van der Waals surface area (Å²) in [6.07, 6.45) is -13.4. The minimum atomic E-state index is -5.47. The van der Waals surface area contributed by atoms with Crippen molar-refractivity contribution in [2.24, 2.45) is 5.73 Å². The van der Waals surface area contributed by atoms with Crippen molar-refractivity contribution in [1.29, 1.82) is 0 Å². The smallest absolute Gasteiger partial charge is 0.356 e. The van der Waals surface area contributed by atoms with Crippen molar-refractivity contribution in [2.75, 3.05) is 0 Å². The number of hydrogen-bond donors (Lipinski definition) is 1. The second-order valence-electron chi connectivity index (χ2n) is 4.44. The first-order valence-corrected chi connectivity index (χ1v) is 5.67. The molecule has 0 radical (unpaired) electrons. The van der Waals surface area contributed by atoms with Gasteiger partial charge in [0, 0.05) is 6.04 Å². The molecule has 1 fully saturated rings. The monoisotopic (exact) mass is 279 g/mol. The molecule has 108 valence electrons. The molecule has 0 amide bonds. The Morgan fingerprint density at radius 3 is 1.89 bits per heavy atom. The zero-order valence-electron chi connectivity index (χ0n) is 9.52. The van der Waals surface area contributed by atoms with E-state index in [0.29, 0.717) is 19.3 Å². The molecule has 1 rings (SSSR count). The molecule has 2 unspecified atom stereocenters. The Kier molecular flexibility index (Phi) is 4.88. The predicted octanol–water partition coefficient (Wildman–Crippen LogP) is 3.16. The van der Waals surface area contributed by atoms with Gasteiger partial charge in [0.15, 0.2) is 0 Å². The molecule has 0 spiro atoms. The second kappa shape index (κ2) is 5.64. The van der Waals surface area contributed by atoms with Crippen LogP contribution in [-0.2, 0) is 4.74 Å². The number of rotatable bonds is 2. The van der Waals surface area contributed by atoms with Gasteiger partial charge in [-0.25, -0.2) is 0 Å². The van der Waals surface area contributed by atoms with Gasteiger partial charge in [-0.05, 0) is 12.8 Å². The van der Waals surface area contributed by atoms with Crippen LogP contribution < -0.4 is 5.73 Å². The van der Waals surface area contributed by atoms with Gasteiger partial charge in [-0.1, -0.05) is 19.3 Å². The van der Waals surface area contributed by atoms with Crippen molar-refractivity contribution in [2.45, 2.75) is 62.7 Å². The van der Waals surface area contributed by atoms with Crippen molar-refractivity contribution >= 4 is 0 Å². The SMILES string of the molecule is NC1CCCCCC1OC(C(F)(F)F)C(F)(F)F. The molecule has 0 aromatic carbocycles. The highest BCUT2D eigenvalue weighted by atomic mass is 19.4. The first-order chi connectivity index (χ1) is 8.12. The standard InChI is InChI=1S/C10H15F6NO/c11-9(12,13)8(10(14,15)16)18-7-5-3-1-2-4-6(7)17/h6-8H,1-5,17H2. The fourth-order valence-electron chi connectivity index (χ4n) is 1.99. The summed E-state index contributed by atoms with van der Waals surface area (Å²) in [4.78, 5) is 0. The lowest BCUT2D eigenvalue weighted by atomic mass is 10.1. The highest BCUT2D eigenvalue weighted by Gasteiger charge is 2.59. The average Bonchev–Trinajstić information content (AvgIpc) is 2.36.